The van der Waals surface area contributed by atoms with Gasteiger partial charge < -0.3 is 4.74 Å². The normalized spacial score (nSPS) is 10.3. The SMILES string of the molecule is O=C(CCc1ccsc1)NNC(=O)c1ccc(COc2ccc(Cl)cc2)cc1. The molecule has 2 N–H and O–H groups in total. The maximum Gasteiger partial charge on any atom is 0.269 e. The number of nitrogens with one attached hydrogen (secondary N) is 2. The molecule has 0 fully saturated rings. The van der Waals surface area contributed by atoms with E-state index >= 15 is 0 Å². The van der Waals surface area contributed by atoms with Gasteiger partial charge in [-0.2, -0.15) is 11.3 Å². The standard InChI is InChI=1S/C21H19ClN2O3S/c22-18-6-8-19(9-7-18)27-13-15-1-4-17(5-2-15)21(26)24-23-20(25)10-3-16-11-12-28-14-16/h1-2,4-9,11-12,14H,3,10,13H2,(H,23,25)(H,24,26). The average Bonchev–Trinajstić information content (AvgIpc) is 3.24. The highest BCUT2D eigenvalue weighted by Gasteiger charge is 2.08. The maximum absolute atomic E-state index is 12.1. The van der Waals surface area contributed by atoms with Crippen LogP contribution in [-0.4, -0.2) is 11.8 Å². The van der Waals surface area contributed by atoms with E-state index in [0.717, 1.165) is 16.9 Å². The fourth-order valence-corrected chi connectivity index (χ4v) is 3.23. The molecule has 7 heteroatoms. The maximum atomic E-state index is 12.1. The highest BCUT2D eigenvalue weighted by atomic mass is 35.5. The Morgan fingerprint density at radius 1 is 0.929 bits per heavy atom. The van der Waals surface area contributed by atoms with Gasteiger partial charge in [-0.25, -0.2) is 0 Å². The first-order valence-electron chi connectivity index (χ1n) is 8.68. The number of hydrazine groups is 1. The first kappa shape index (κ1) is 19.9. The number of hydrogen-bond acceptors (Lipinski definition) is 4. The summed E-state index contributed by atoms with van der Waals surface area (Å²) in [5.41, 5.74) is 7.36. The number of aryl methyl sites for hydroxylation is 1. The topological polar surface area (TPSA) is 67.4 Å². The minimum atomic E-state index is -0.367. The predicted molar refractivity (Wildman–Crippen MR) is 110 cm³/mol. The third-order valence-corrected chi connectivity index (χ3v) is 4.96. The molecule has 0 aliphatic heterocycles. The van der Waals surface area contributed by atoms with Crippen molar-refractivity contribution in [1.29, 1.82) is 0 Å². The van der Waals surface area contributed by atoms with Crippen LogP contribution in [0.3, 0.4) is 0 Å². The molecule has 0 aliphatic carbocycles. The van der Waals surface area contributed by atoms with E-state index in [-0.39, 0.29) is 11.8 Å². The van der Waals surface area contributed by atoms with Crippen molar-refractivity contribution in [2.45, 2.75) is 19.4 Å². The molecule has 2 aromatic carbocycles. The Morgan fingerprint density at radius 3 is 2.36 bits per heavy atom. The second kappa shape index (κ2) is 9.92. The van der Waals surface area contributed by atoms with Crippen LogP contribution in [-0.2, 0) is 17.8 Å². The molecule has 0 bridgehead atoms. The largest absolute Gasteiger partial charge is 0.489 e. The molecule has 0 saturated carbocycles. The summed E-state index contributed by atoms with van der Waals surface area (Å²) in [6.45, 7) is 0.378. The zero-order valence-corrected chi connectivity index (χ0v) is 16.6. The Kier molecular flexibility index (Phi) is 7.06. The summed E-state index contributed by atoms with van der Waals surface area (Å²) < 4.78 is 5.67. The van der Waals surface area contributed by atoms with Crippen molar-refractivity contribution in [3.63, 3.8) is 0 Å². The third-order valence-electron chi connectivity index (χ3n) is 3.97. The molecule has 0 saturated heterocycles. The summed E-state index contributed by atoms with van der Waals surface area (Å²) in [5.74, 6) is 0.123. The molecule has 1 aromatic heterocycles. The van der Waals surface area contributed by atoms with Gasteiger partial charge in [-0.15, -0.1) is 0 Å². The van der Waals surface area contributed by atoms with Crippen LogP contribution in [0.2, 0.25) is 5.02 Å². The molecule has 2 amide bonds. The number of carbonyl (C=O) groups excluding carboxylic acids is 2. The van der Waals surface area contributed by atoms with E-state index < -0.39 is 0 Å². The van der Waals surface area contributed by atoms with Crippen molar-refractivity contribution in [3.05, 3.63) is 87.1 Å². The van der Waals surface area contributed by atoms with Gasteiger partial charge in [-0.3, -0.25) is 20.4 Å². The lowest BCUT2D eigenvalue weighted by Crippen LogP contribution is -2.41. The number of thiophene rings is 1. The van der Waals surface area contributed by atoms with Gasteiger partial charge in [0.2, 0.25) is 5.91 Å². The lowest BCUT2D eigenvalue weighted by atomic mass is 10.1. The lowest BCUT2D eigenvalue weighted by Gasteiger charge is -2.09. The highest BCUT2D eigenvalue weighted by molar-refractivity contribution is 7.07. The fraction of sp³-hybridized carbons (Fsp3) is 0.143. The van der Waals surface area contributed by atoms with Crippen LogP contribution >= 0.6 is 22.9 Å². The number of benzene rings is 2. The van der Waals surface area contributed by atoms with E-state index in [1.54, 1.807) is 47.7 Å². The molecule has 0 aliphatic rings. The summed E-state index contributed by atoms with van der Waals surface area (Å²) in [5, 5.41) is 4.63. The van der Waals surface area contributed by atoms with Gasteiger partial charge in [0, 0.05) is 17.0 Å². The van der Waals surface area contributed by atoms with Crippen LogP contribution in [0.5, 0.6) is 5.75 Å². The zero-order chi connectivity index (χ0) is 19.8. The highest BCUT2D eigenvalue weighted by Crippen LogP contribution is 2.17. The number of ether oxygens (including phenoxy) is 1. The molecule has 28 heavy (non-hydrogen) atoms. The van der Waals surface area contributed by atoms with Crippen molar-refractivity contribution in [3.8, 4) is 5.75 Å². The first-order valence-corrected chi connectivity index (χ1v) is 10.00. The van der Waals surface area contributed by atoms with Gasteiger partial charge in [0.1, 0.15) is 12.4 Å². The van der Waals surface area contributed by atoms with E-state index in [4.69, 9.17) is 16.3 Å². The Hall–Kier alpha value is -2.83. The number of amides is 2. The number of hydrogen-bond donors (Lipinski definition) is 2. The number of rotatable bonds is 7. The van der Waals surface area contributed by atoms with Crippen LogP contribution in [0, 0.1) is 0 Å². The molecule has 3 rings (SSSR count). The van der Waals surface area contributed by atoms with Crippen molar-refractivity contribution >= 4 is 34.8 Å². The summed E-state index contributed by atoms with van der Waals surface area (Å²) in [4.78, 5) is 24.0. The molecular weight excluding hydrogens is 396 g/mol. The van der Waals surface area contributed by atoms with Gasteiger partial charge in [0.15, 0.2) is 0 Å². The van der Waals surface area contributed by atoms with E-state index in [0.29, 0.717) is 30.0 Å². The second-order valence-electron chi connectivity index (χ2n) is 6.07. The van der Waals surface area contributed by atoms with Crippen molar-refractivity contribution in [2.75, 3.05) is 0 Å². The molecule has 0 radical (unpaired) electrons. The van der Waals surface area contributed by atoms with Gasteiger partial charge in [0.25, 0.3) is 5.91 Å². The number of halogens is 1. The molecule has 0 spiro atoms. The van der Waals surface area contributed by atoms with Crippen LogP contribution < -0.4 is 15.6 Å². The monoisotopic (exact) mass is 414 g/mol. The summed E-state index contributed by atoms with van der Waals surface area (Å²) in [6.07, 6.45) is 0.964. The third kappa shape index (κ3) is 6.11. The molecule has 0 atom stereocenters. The van der Waals surface area contributed by atoms with Crippen molar-refractivity contribution in [1.82, 2.24) is 10.9 Å². The second-order valence-corrected chi connectivity index (χ2v) is 7.29. The summed E-state index contributed by atoms with van der Waals surface area (Å²) in [6, 6.07) is 16.1. The van der Waals surface area contributed by atoms with E-state index in [1.807, 2.05) is 29.0 Å². The molecule has 144 valence electrons. The van der Waals surface area contributed by atoms with Gasteiger partial charge in [0.05, 0.1) is 0 Å². The minimum Gasteiger partial charge on any atom is -0.489 e. The van der Waals surface area contributed by atoms with E-state index in [1.165, 1.54) is 0 Å². The Labute approximate surface area is 172 Å². The zero-order valence-electron chi connectivity index (χ0n) is 15.0. The summed E-state index contributed by atoms with van der Waals surface area (Å²) >= 11 is 7.44. The Morgan fingerprint density at radius 2 is 1.68 bits per heavy atom. The van der Waals surface area contributed by atoms with Crippen LogP contribution in [0.4, 0.5) is 0 Å². The molecule has 3 aromatic rings. The predicted octanol–water partition coefficient (Wildman–Crippen LogP) is 4.37. The Bertz CT molecular complexity index is 910. The summed E-state index contributed by atoms with van der Waals surface area (Å²) in [7, 11) is 0. The van der Waals surface area contributed by atoms with Crippen molar-refractivity contribution < 1.29 is 14.3 Å². The van der Waals surface area contributed by atoms with E-state index in [9.17, 15) is 9.59 Å². The van der Waals surface area contributed by atoms with Crippen LogP contribution in [0.25, 0.3) is 0 Å². The van der Waals surface area contributed by atoms with Crippen molar-refractivity contribution in [2.24, 2.45) is 0 Å². The molecule has 5 nitrogen and oxygen atoms in total. The minimum absolute atomic E-state index is 0.229. The molecule has 0 unspecified atom stereocenters. The van der Waals surface area contributed by atoms with Gasteiger partial charge in [-0.1, -0.05) is 23.7 Å². The smallest absolute Gasteiger partial charge is 0.269 e. The molecule has 1 heterocycles. The average molecular weight is 415 g/mol. The van der Waals surface area contributed by atoms with Gasteiger partial charge >= 0.3 is 0 Å². The van der Waals surface area contributed by atoms with Crippen LogP contribution in [0.15, 0.2) is 65.4 Å². The van der Waals surface area contributed by atoms with E-state index in [2.05, 4.69) is 10.9 Å². The lowest BCUT2D eigenvalue weighted by molar-refractivity contribution is -0.121. The Balaban J connectivity index is 1.42. The number of carbonyl (C=O) groups is 2. The van der Waals surface area contributed by atoms with Gasteiger partial charge in [-0.05, 0) is 70.8 Å². The molecular formula is C21H19ClN2O3S. The first-order chi connectivity index (χ1) is 13.6. The fourth-order valence-electron chi connectivity index (χ4n) is 2.40. The van der Waals surface area contributed by atoms with Crippen LogP contribution in [0.1, 0.15) is 27.9 Å². The quantitative estimate of drug-likeness (QED) is 0.564.